The van der Waals surface area contributed by atoms with Crippen molar-refractivity contribution in [2.75, 3.05) is 18.0 Å². The SMILES string of the molecule is CCCC1CCN(c2ncc(Br)cc2C)C1. The smallest absolute Gasteiger partial charge is 0.131 e. The summed E-state index contributed by atoms with van der Waals surface area (Å²) in [6, 6.07) is 2.15. The minimum Gasteiger partial charge on any atom is -0.356 e. The minimum absolute atomic E-state index is 0.870. The molecule has 2 heterocycles. The van der Waals surface area contributed by atoms with Crippen molar-refractivity contribution in [2.45, 2.75) is 33.1 Å². The van der Waals surface area contributed by atoms with Crippen molar-refractivity contribution in [2.24, 2.45) is 5.92 Å². The Morgan fingerprint density at radius 3 is 3.06 bits per heavy atom. The third kappa shape index (κ3) is 2.57. The van der Waals surface area contributed by atoms with Gasteiger partial charge in [-0.25, -0.2) is 4.98 Å². The Labute approximate surface area is 106 Å². The number of anilines is 1. The Balaban J connectivity index is 2.08. The summed E-state index contributed by atoms with van der Waals surface area (Å²) >= 11 is 3.46. The highest BCUT2D eigenvalue weighted by atomic mass is 79.9. The highest BCUT2D eigenvalue weighted by molar-refractivity contribution is 9.10. The van der Waals surface area contributed by atoms with E-state index in [9.17, 15) is 0 Å². The normalized spacial score (nSPS) is 20.4. The molecule has 1 aliphatic heterocycles. The first-order chi connectivity index (χ1) is 7.70. The van der Waals surface area contributed by atoms with Crippen LogP contribution < -0.4 is 4.90 Å². The maximum atomic E-state index is 4.53. The lowest BCUT2D eigenvalue weighted by molar-refractivity contribution is 0.529. The largest absolute Gasteiger partial charge is 0.356 e. The van der Waals surface area contributed by atoms with Gasteiger partial charge in [0, 0.05) is 23.8 Å². The maximum Gasteiger partial charge on any atom is 0.131 e. The van der Waals surface area contributed by atoms with Gasteiger partial charge in [-0.3, -0.25) is 0 Å². The van der Waals surface area contributed by atoms with Gasteiger partial charge in [0.2, 0.25) is 0 Å². The predicted octanol–water partition coefficient (Wildman–Crippen LogP) is 3.78. The number of aromatic nitrogens is 1. The molecule has 0 aromatic carbocycles. The van der Waals surface area contributed by atoms with E-state index in [1.807, 2.05) is 6.20 Å². The van der Waals surface area contributed by atoms with Gasteiger partial charge in [-0.15, -0.1) is 0 Å². The summed E-state index contributed by atoms with van der Waals surface area (Å²) in [7, 11) is 0. The zero-order valence-corrected chi connectivity index (χ0v) is 11.6. The minimum atomic E-state index is 0.870. The van der Waals surface area contributed by atoms with Gasteiger partial charge in [0.05, 0.1) is 0 Å². The quantitative estimate of drug-likeness (QED) is 0.839. The average molecular weight is 283 g/mol. The summed E-state index contributed by atoms with van der Waals surface area (Å²) in [6.45, 7) is 6.76. The fourth-order valence-electron chi connectivity index (χ4n) is 2.53. The Morgan fingerprint density at radius 1 is 1.56 bits per heavy atom. The molecule has 1 saturated heterocycles. The Kier molecular flexibility index (Phi) is 3.85. The van der Waals surface area contributed by atoms with E-state index in [1.165, 1.54) is 43.7 Å². The first kappa shape index (κ1) is 11.9. The van der Waals surface area contributed by atoms with Crippen molar-refractivity contribution in [3.63, 3.8) is 0 Å². The summed E-state index contributed by atoms with van der Waals surface area (Å²) in [4.78, 5) is 6.97. The van der Waals surface area contributed by atoms with E-state index >= 15 is 0 Å². The van der Waals surface area contributed by atoms with Crippen molar-refractivity contribution < 1.29 is 0 Å². The molecule has 0 spiro atoms. The standard InChI is InChI=1S/C13H19BrN2/c1-3-4-11-5-6-16(9-11)13-10(2)7-12(14)8-15-13/h7-8,11H,3-6,9H2,1-2H3. The van der Waals surface area contributed by atoms with Crippen molar-refractivity contribution in [3.05, 3.63) is 22.3 Å². The Hall–Kier alpha value is -0.570. The number of hydrogen-bond donors (Lipinski definition) is 0. The molecule has 3 heteroatoms. The second kappa shape index (κ2) is 5.17. The van der Waals surface area contributed by atoms with Crippen molar-refractivity contribution >= 4 is 21.7 Å². The summed E-state index contributed by atoms with van der Waals surface area (Å²) in [5, 5.41) is 0. The van der Waals surface area contributed by atoms with Crippen LogP contribution in [0, 0.1) is 12.8 Å². The van der Waals surface area contributed by atoms with Crippen LogP contribution in [-0.4, -0.2) is 18.1 Å². The average Bonchev–Trinajstić information content (AvgIpc) is 2.67. The lowest BCUT2D eigenvalue weighted by Gasteiger charge is -2.19. The molecule has 1 atom stereocenters. The first-order valence-corrected chi connectivity index (χ1v) is 6.87. The van der Waals surface area contributed by atoms with Crippen LogP contribution in [0.15, 0.2) is 16.7 Å². The number of aryl methyl sites for hydroxylation is 1. The van der Waals surface area contributed by atoms with E-state index in [2.05, 4.69) is 45.7 Å². The Morgan fingerprint density at radius 2 is 2.38 bits per heavy atom. The van der Waals surface area contributed by atoms with Crippen molar-refractivity contribution in [3.8, 4) is 0 Å². The van der Waals surface area contributed by atoms with Crippen molar-refractivity contribution in [1.29, 1.82) is 0 Å². The third-order valence-electron chi connectivity index (χ3n) is 3.30. The van der Waals surface area contributed by atoms with Crippen molar-refractivity contribution in [1.82, 2.24) is 4.98 Å². The number of nitrogens with zero attached hydrogens (tertiary/aromatic N) is 2. The molecular weight excluding hydrogens is 264 g/mol. The van der Waals surface area contributed by atoms with Crippen LogP contribution in [0.2, 0.25) is 0 Å². The van der Waals surface area contributed by atoms with Gasteiger partial charge < -0.3 is 4.90 Å². The zero-order chi connectivity index (χ0) is 11.5. The second-order valence-electron chi connectivity index (χ2n) is 4.68. The molecule has 0 aliphatic carbocycles. The van der Waals surface area contributed by atoms with E-state index in [4.69, 9.17) is 0 Å². The summed E-state index contributed by atoms with van der Waals surface area (Å²) in [6.07, 6.45) is 5.87. The topological polar surface area (TPSA) is 16.1 Å². The molecule has 88 valence electrons. The molecule has 1 fully saturated rings. The molecule has 0 radical (unpaired) electrons. The van der Waals surface area contributed by atoms with Crippen LogP contribution in [0.25, 0.3) is 0 Å². The van der Waals surface area contributed by atoms with Crippen LogP contribution in [0.3, 0.4) is 0 Å². The van der Waals surface area contributed by atoms with Gasteiger partial charge in [-0.1, -0.05) is 13.3 Å². The number of pyridine rings is 1. The van der Waals surface area contributed by atoms with Crippen LogP contribution >= 0.6 is 15.9 Å². The summed E-state index contributed by atoms with van der Waals surface area (Å²) < 4.78 is 1.07. The lowest BCUT2D eigenvalue weighted by Crippen LogP contribution is -2.21. The molecule has 1 aromatic heterocycles. The van der Waals surface area contributed by atoms with E-state index in [-0.39, 0.29) is 0 Å². The molecule has 0 bridgehead atoms. The van der Waals surface area contributed by atoms with Crippen LogP contribution in [0.4, 0.5) is 5.82 Å². The molecule has 0 N–H and O–H groups in total. The number of halogens is 1. The highest BCUT2D eigenvalue weighted by Gasteiger charge is 2.23. The highest BCUT2D eigenvalue weighted by Crippen LogP contribution is 2.28. The number of hydrogen-bond acceptors (Lipinski definition) is 2. The van der Waals surface area contributed by atoms with E-state index in [0.29, 0.717) is 0 Å². The predicted molar refractivity (Wildman–Crippen MR) is 71.9 cm³/mol. The molecule has 1 aliphatic rings. The molecule has 0 saturated carbocycles. The zero-order valence-electron chi connectivity index (χ0n) is 10.0. The molecule has 2 rings (SSSR count). The summed E-state index contributed by atoms with van der Waals surface area (Å²) in [5.41, 5.74) is 1.27. The van der Waals surface area contributed by atoms with Gasteiger partial charge >= 0.3 is 0 Å². The van der Waals surface area contributed by atoms with E-state index in [0.717, 1.165) is 10.4 Å². The van der Waals surface area contributed by atoms with Crippen LogP contribution in [0.5, 0.6) is 0 Å². The monoisotopic (exact) mass is 282 g/mol. The van der Waals surface area contributed by atoms with Gasteiger partial charge in [0.15, 0.2) is 0 Å². The summed E-state index contributed by atoms with van der Waals surface area (Å²) in [5.74, 6) is 2.04. The molecular formula is C13H19BrN2. The molecule has 16 heavy (non-hydrogen) atoms. The first-order valence-electron chi connectivity index (χ1n) is 6.07. The maximum absolute atomic E-state index is 4.53. The van der Waals surface area contributed by atoms with Gasteiger partial charge in [0.25, 0.3) is 0 Å². The van der Waals surface area contributed by atoms with Crippen LogP contribution in [0.1, 0.15) is 31.7 Å². The van der Waals surface area contributed by atoms with Crippen LogP contribution in [-0.2, 0) is 0 Å². The fraction of sp³-hybridized carbons (Fsp3) is 0.615. The van der Waals surface area contributed by atoms with Gasteiger partial charge in [-0.05, 0) is 53.2 Å². The van der Waals surface area contributed by atoms with E-state index < -0.39 is 0 Å². The van der Waals surface area contributed by atoms with Gasteiger partial charge in [0.1, 0.15) is 5.82 Å². The fourth-order valence-corrected chi connectivity index (χ4v) is 2.98. The molecule has 0 amide bonds. The Bertz CT molecular complexity index is 365. The molecule has 2 nitrogen and oxygen atoms in total. The van der Waals surface area contributed by atoms with E-state index in [1.54, 1.807) is 0 Å². The third-order valence-corrected chi connectivity index (χ3v) is 3.73. The van der Waals surface area contributed by atoms with Gasteiger partial charge in [-0.2, -0.15) is 0 Å². The molecule has 1 unspecified atom stereocenters. The molecule has 1 aromatic rings. The second-order valence-corrected chi connectivity index (χ2v) is 5.60. The number of rotatable bonds is 3. The lowest BCUT2D eigenvalue weighted by atomic mass is 10.0.